The number of rotatable bonds is 1. The summed E-state index contributed by atoms with van der Waals surface area (Å²) in [6.45, 7) is 2.87. The number of benzene rings is 1. The first-order chi connectivity index (χ1) is 8.41. The smallest absolute Gasteiger partial charge is 0.255 e. The lowest BCUT2D eigenvalue weighted by Crippen LogP contribution is -2.45. The third kappa shape index (κ3) is 2.60. The van der Waals surface area contributed by atoms with Crippen LogP contribution in [0, 0.1) is 0 Å². The van der Waals surface area contributed by atoms with Crippen molar-refractivity contribution in [2.24, 2.45) is 0 Å². The van der Waals surface area contributed by atoms with E-state index in [4.69, 9.17) is 17.3 Å². The molecule has 0 radical (unpaired) electrons. The minimum atomic E-state index is -0.670. The predicted octanol–water partition coefficient (Wildman–Crippen LogP) is 1.91. The summed E-state index contributed by atoms with van der Waals surface area (Å²) in [5.41, 5.74) is 5.86. The molecule has 5 heteroatoms. The average Bonchev–Trinajstić information content (AvgIpc) is 2.32. The summed E-state index contributed by atoms with van der Waals surface area (Å²) in [6.07, 6.45) is 1.16. The van der Waals surface area contributed by atoms with Crippen LogP contribution in [0.25, 0.3) is 0 Å². The number of piperidine rings is 1. The van der Waals surface area contributed by atoms with Crippen LogP contribution in [-0.4, -0.2) is 34.6 Å². The zero-order chi connectivity index (χ0) is 13.3. The van der Waals surface area contributed by atoms with Crippen molar-refractivity contribution < 1.29 is 9.90 Å². The Hall–Kier alpha value is -1.26. The van der Waals surface area contributed by atoms with E-state index in [1.165, 1.54) is 0 Å². The molecule has 0 unspecified atom stereocenters. The molecule has 3 N–H and O–H groups in total. The van der Waals surface area contributed by atoms with Crippen LogP contribution < -0.4 is 5.73 Å². The highest BCUT2D eigenvalue weighted by Gasteiger charge is 2.30. The summed E-state index contributed by atoms with van der Waals surface area (Å²) in [6, 6.07) is 5.06. The molecule has 1 aliphatic heterocycles. The maximum absolute atomic E-state index is 12.3. The lowest BCUT2D eigenvalue weighted by molar-refractivity contribution is -0.00201. The van der Waals surface area contributed by atoms with Crippen molar-refractivity contribution in [1.29, 1.82) is 0 Å². The molecule has 1 fully saturated rings. The SMILES string of the molecule is CC1(O)CCN(C(=O)c2cccc(N)c2Cl)CC1. The number of hydrogen-bond donors (Lipinski definition) is 2. The molecule has 0 atom stereocenters. The fourth-order valence-corrected chi connectivity index (χ4v) is 2.28. The number of aliphatic hydroxyl groups is 1. The average molecular weight is 269 g/mol. The van der Waals surface area contributed by atoms with Gasteiger partial charge in [-0.1, -0.05) is 17.7 Å². The molecule has 0 saturated carbocycles. The lowest BCUT2D eigenvalue weighted by atomic mass is 9.93. The van der Waals surface area contributed by atoms with Gasteiger partial charge in [-0.05, 0) is 31.9 Å². The van der Waals surface area contributed by atoms with E-state index in [-0.39, 0.29) is 5.91 Å². The second-order valence-electron chi connectivity index (χ2n) is 5.00. The van der Waals surface area contributed by atoms with Crippen molar-refractivity contribution in [1.82, 2.24) is 4.90 Å². The van der Waals surface area contributed by atoms with Gasteiger partial charge in [0.25, 0.3) is 5.91 Å². The molecule has 1 heterocycles. The summed E-state index contributed by atoms with van der Waals surface area (Å²) in [4.78, 5) is 14.0. The van der Waals surface area contributed by atoms with E-state index in [0.717, 1.165) is 0 Å². The standard InChI is InChI=1S/C13H17ClN2O2/c1-13(18)5-7-16(8-6-13)12(17)9-3-2-4-10(15)11(9)14/h2-4,18H,5-8,15H2,1H3. The Morgan fingerprint density at radius 3 is 2.67 bits per heavy atom. The largest absolute Gasteiger partial charge is 0.398 e. The van der Waals surface area contributed by atoms with Crippen LogP contribution in [0.15, 0.2) is 18.2 Å². The second-order valence-corrected chi connectivity index (χ2v) is 5.38. The van der Waals surface area contributed by atoms with Gasteiger partial charge in [0.15, 0.2) is 0 Å². The zero-order valence-electron chi connectivity index (χ0n) is 10.3. The molecule has 1 aliphatic rings. The maximum Gasteiger partial charge on any atom is 0.255 e. The third-order valence-electron chi connectivity index (χ3n) is 3.39. The van der Waals surface area contributed by atoms with Crippen LogP contribution in [-0.2, 0) is 0 Å². The van der Waals surface area contributed by atoms with E-state index in [2.05, 4.69) is 0 Å². The molecule has 0 bridgehead atoms. The van der Waals surface area contributed by atoms with E-state index in [1.807, 2.05) is 0 Å². The van der Waals surface area contributed by atoms with Gasteiger partial charge in [-0.15, -0.1) is 0 Å². The van der Waals surface area contributed by atoms with Gasteiger partial charge in [-0.3, -0.25) is 4.79 Å². The highest BCUT2D eigenvalue weighted by atomic mass is 35.5. The third-order valence-corrected chi connectivity index (χ3v) is 3.81. The maximum atomic E-state index is 12.3. The molecule has 0 aromatic heterocycles. The number of carbonyl (C=O) groups excluding carboxylic acids is 1. The van der Waals surface area contributed by atoms with Gasteiger partial charge in [0.1, 0.15) is 0 Å². The van der Waals surface area contributed by atoms with Crippen LogP contribution in [0.1, 0.15) is 30.1 Å². The molecule has 1 aromatic carbocycles. The fraction of sp³-hybridized carbons (Fsp3) is 0.462. The summed E-state index contributed by atoms with van der Waals surface area (Å²) >= 11 is 6.04. The Kier molecular flexibility index (Phi) is 3.50. The zero-order valence-corrected chi connectivity index (χ0v) is 11.1. The van der Waals surface area contributed by atoms with Crippen molar-refractivity contribution in [3.8, 4) is 0 Å². The summed E-state index contributed by atoms with van der Waals surface area (Å²) in [5.74, 6) is -0.122. The normalized spacial score (nSPS) is 18.7. The molecule has 4 nitrogen and oxygen atoms in total. The van der Waals surface area contributed by atoms with Gasteiger partial charge in [-0.25, -0.2) is 0 Å². The molecule has 18 heavy (non-hydrogen) atoms. The quantitative estimate of drug-likeness (QED) is 0.765. The van der Waals surface area contributed by atoms with E-state index >= 15 is 0 Å². The summed E-state index contributed by atoms with van der Waals surface area (Å²) < 4.78 is 0. The molecular formula is C13H17ClN2O2. The number of likely N-dealkylation sites (tertiary alicyclic amines) is 1. The summed E-state index contributed by atoms with van der Waals surface area (Å²) in [5, 5.41) is 10.2. The lowest BCUT2D eigenvalue weighted by Gasteiger charge is -2.35. The molecular weight excluding hydrogens is 252 g/mol. The first-order valence-electron chi connectivity index (χ1n) is 5.96. The number of carbonyl (C=O) groups is 1. The van der Waals surface area contributed by atoms with Crippen LogP contribution in [0.5, 0.6) is 0 Å². The van der Waals surface area contributed by atoms with Crippen molar-refractivity contribution in [3.63, 3.8) is 0 Å². The second kappa shape index (κ2) is 4.78. The monoisotopic (exact) mass is 268 g/mol. The van der Waals surface area contributed by atoms with Gasteiger partial charge < -0.3 is 15.7 Å². The number of amides is 1. The van der Waals surface area contributed by atoms with E-state index in [9.17, 15) is 9.90 Å². The number of anilines is 1. The molecule has 1 aromatic rings. The highest BCUT2D eigenvalue weighted by Crippen LogP contribution is 2.27. The molecule has 0 aliphatic carbocycles. The van der Waals surface area contributed by atoms with Gasteiger partial charge >= 0.3 is 0 Å². The van der Waals surface area contributed by atoms with E-state index < -0.39 is 5.60 Å². The van der Waals surface area contributed by atoms with Crippen molar-refractivity contribution in [2.75, 3.05) is 18.8 Å². The summed E-state index contributed by atoms with van der Waals surface area (Å²) in [7, 11) is 0. The topological polar surface area (TPSA) is 66.6 Å². The van der Waals surface area contributed by atoms with Crippen molar-refractivity contribution in [2.45, 2.75) is 25.4 Å². The van der Waals surface area contributed by atoms with Crippen LogP contribution in [0.4, 0.5) is 5.69 Å². The fourth-order valence-electron chi connectivity index (χ4n) is 2.08. The molecule has 0 spiro atoms. The Morgan fingerprint density at radius 2 is 2.06 bits per heavy atom. The van der Waals surface area contributed by atoms with Gasteiger partial charge in [-0.2, -0.15) is 0 Å². The van der Waals surface area contributed by atoms with Gasteiger partial charge in [0.2, 0.25) is 0 Å². The number of nitrogens with zero attached hydrogens (tertiary/aromatic N) is 1. The Balaban J connectivity index is 2.15. The first kappa shape index (κ1) is 13.2. The number of halogens is 1. The van der Waals surface area contributed by atoms with E-state index in [0.29, 0.717) is 42.2 Å². The minimum absolute atomic E-state index is 0.122. The number of hydrogen-bond acceptors (Lipinski definition) is 3. The van der Waals surface area contributed by atoms with Gasteiger partial charge in [0, 0.05) is 13.1 Å². The Morgan fingerprint density at radius 1 is 1.44 bits per heavy atom. The minimum Gasteiger partial charge on any atom is -0.398 e. The van der Waals surface area contributed by atoms with Crippen molar-refractivity contribution >= 4 is 23.2 Å². The molecule has 2 rings (SSSR count). The van der Waals surface area contributed by atoms with Crippen LogP contribution in [0.2, 0.25) is 5.02 Å². The first-order valence-corrected chi connectivity index (χ1v) is 6.34. The highest BCUT2D eigenvalue weighted by molar-refractivity contribution is 6.36. The van der Waals surface area contributed by atoms with Gasteiger partial charge in [0.05, 0.1) is 21.9 Å². The molecule has 1 saturated heterocycles. The molecule has 98 valence electrons. The van der Waals surface area contributed by atoms with Crippen LogP contribution in [0.3, 0.4) is 0 Å². The Labute approximate surface area is 111 Å². The van der Waals surface area contributed by atoms with Crippen molar-refractivity contribution in [3.05, 3.63) is 28.8 Å². The number of nitrogens with two attached hydrogens (primary N) is 1. The Bertz CT molecular complexity index is 464. The molecule has 1 amide bonds. The predicted molar refractivity (Wildman–Crippen MR) is 71.6 cm³/mol. The van der Waals surface area contributed by atoms with E-state index in [1.54, 1.807) is 30.0 Å². The number of nitrogen functional groups attached to an aromatic ring is 1. The van der Waals surface area contributed by atoms with Crippen LogP contribution >= 0.6 is 11.6 Å².